The largest absolute Gasteiger partial charge is 0.488 e. The number of benzene rings is 1. The summed E-state index contributed by atoms with van der Waals surface area (Å²) in [6, 6.07) is 8.11. The van der Waals surface area contributed by atoms with Gasteiger partial charge in [-0.05, 0) is 19.1 Å². The first-order valence-corrected chi connectivity index (χ1v) is 6.50. The maximum Gasteiger partial charge on any atom is 0.124 e. The third-order valence-electron chi connectivity index (χ3n) is 3.26. The topological polar surface area (TPSA) is 12.5 Å². The highest BCUT2D eigenvalue weighted by Crippen LogP contribution is 2.23. The average molecular weight is 251 g/mol. The van der Waals surface area contributed by atoms with Gasteiger partial charge in [-0.2, -0.15) is 0 Å². The van der Waals surface area contributed by atoms with E-state index in [0.29, 0.717) is 0 Å². The van der Waals surface area contributed by atoms with Crippen molar-refractivity contribution in [2.24, 2.45) is 5.41 Å². The lowest BCUT2D eigenvalue weighted by Gasteiger charge is -2.42. The number of hydrogen-bond acceptors (Lipinski definition) is 2. The lowest BCUT2D eigenvalue weighted by Crippen LogP contribution is -2.56. The predicted molar refractivity (Wildman–Crippen MR) is 71.8 cm³/mol. The minimum absolute atomic E-state index is 0.241. The Bertz CT molecular complexity index is 382. The third-order valence-corrected chi connectivity index (χ3v) is 3.26. The molecule has 0 atom stereocenters. The third kappa shape index (κ3) is 3.45. The lowest BCUT2D eigenvalue weighted by atomic mass is 9.93. The summed E-state index contributed by atoms with van der Waals surface area (Å²) in [6.07, 6.45) is 0.253. The molecule has 0 spiro atoms. The summed E-state index contributed by atoms with van der Waals surface area (Å²) in [5, 5.41) is 0. The molecule has 2 nitrogen and oxygen atoms in total. The first-order chi connectivity index (χ1) is 8.48. The fourth-order valence-electron chi connectivity index (χ4n) is 2.18. The van der Waals surface area contributed by atoms with Crippen molar-refractivity contribution in [3.8, 4) is 5.75 Å². The average Bonchev–Trinajstić information content (AvgIpc) is 2.29. The molecule has 1 aromatic carbocycles. The van der Waals surface area contributed by atoms with E-state index >= 15 is 0 Å². The van der Waals surface area contributed by atoms with Crippen LogP contribution in [0, 0.1) is 12.3 Å². The van der Waals surface area contributed by atoms with Crippen molar-refractivity contribution in [3.63, 3.8) is 0 Å². The number of halogens is 1. The maximum atomic E-state index is 12.7. The Labute approximate surface area is 109 Å². The van der Waals surface area contributed by atoms with Gasteiger partial charge in [0.05, 0.1) is 6.67 Å². The molecule has 2 rings (SSSR count). The van der Waals surface area contributed by atoms with Crippen molar-refractivity contribution in [2.45, 2.75) is 26.9 Å². The summed E-state index contributed by atoms with van der Waals surface area (Å²) in [5.74, 6) is 0.926. The van der Waals surface area contributed by atoms with Crippen LogP contribution in [0.4, 0.5) is 4.39 Å². The molecule has 0 radical (unpaired) electrons. The highest BCUT2D eigenvalue weighted by atomic mass is 19.1. The van der Waals surface area contributed by atoms with Gasteiger partial charge >= 0.3 is 0 Å². The van der Waals surface area contributed by atoms with Gasteiger partial charge in [-0.15, -0.1) is 0 Å². The van der Waals surface area contributed by atoms with E-state index in [0.717, 1.165) is 25.4 Å². The SMILES string of the molecule is Cc1ccc(OC2CN(CC(C)(C)CF)C2)cc1. The molecule has 100 valence electrons. The molecule has 1 heterocycles. The summed E-state index contributed by atoms with van der Waals surface area (Å²) in [7, 11) is 0. The molecule has 0 bridgehead atoms. The predicted octanol–water partition coefficient (Wildman–Crippen LogP) is 3.05. The summed E-state index contributed by atoms with van der Waals surface area (Å²) in [6.45, 7) is 8.31. The minimum atomic E-state index is -0.271. The molecule has 1 aromatic rings. The van der Waals surface area contributed by atoms with Gasteiger partial charge in [-0.3, -0.25) is 9.29 Å². The van der Waals surface area contributed by atoms with E-state index in [1.807, 2.05) is 26.0 Å². The molecular weight excluding hydrogens is 229 g/mol. The molecule has 0 saturated carbocycles. The van der Waals surface area contributed by atoms with Crippen LogP contribution in [0.2, 0.25) is 0 Å². The van der Waals surface area contributed by atoms with Crippen molar-refractivity contribution >= 4 is 0 Å². The molecule has 0 N–H and O–H groups in total. The molecule has 18 heavy (non-hydrogen) atoms. The Morgan fingerprint density at radius 2 is 1.89 bits per heavy atom. The van der Waals surface area contributed by atoms with Gasteiger partial charge in [0.1, 0.15) is 11.9 Å². The number of rotatable bonds is 5. The Kier molecular flexibility index (Phi) is 3.91. The van der Waals surface area contributed by atoms with E-state index in [4.69, 9.17) is 4.74 Å². The zero-order valence-corrected chi connectivity index (χ0v) is 11.4. The van der Waals surface area contributed by atoms with Crippen molar-refractivity contribution in [1.82, 2.24) is 4.90 Å². The molecule has 0 unspecified atom stereocenters. The van der Waals surface area contributed by atoms with Crippen LogP contribution in [-0.2, 0) is 0 Å². The highest BCUT2D eigenvalue weighted by molar-refractivity contribution is 5.26. The summed E-state index contributed by atoms with van der Waals surface area (Å²) in [4.78, 5) is 2.25. The van der Waals surface area contributed by atoms with Crippen LogP contribution in [0.15, 0.2) is 24.3 Å². The molecule has 0 aromatic heterocycles. The van der Waals surface area contributed by atoms with Gasteiger partial charge in [0.25, 0.3) is 0 Å². The normalized spacial score (nSPS) is 17.6. The number of aryl methyl sites for hydroxylation is 1. The lowest BCUT2D eigenvalue weighted by molar-refractivity contribution is -0.00595. The van der Waals surface area contributed by atoms with Crippen LogP contribution in [0.1, 0.15) is 19.4 Å². The summed E-state index contributed by atoms with van der Waals surface area (Å²) >= 11 is 0. The molecule has 3 heteroatoms. The molecule has 1 aliphatic heterocycles. The highest BCUT2D eigenvalue weighted by Gasteiger charge is 2.32. The van der Waals surface area contributed by atoms with Gasteiger partial charge in [-0.25, -0.2) is 0 Å². The first-order valence-electron chi connectivity index (χ1n) is 6.50. The van der Waals surface area contributed by atoms with E-state index in [2.05, 4.69) is 24.0 Å². The molecule has 1 aliphatic rings. The van der Waals surface area contributed by atoms with Crippen molar-refractivity contribution in [3.05, 3.63) is 29.8 Å². The number of hydrogen-bond donors (Lipinski definition) is 0. The quantitative estimate of drug-likeness (QED) is 0.797. The second-order valence-electron chi connectivity index (χ2n) is 6.04. The number of nitrogens with zero attached hydrogens (tertiary/aromatic N) is 1. The summed E-state index contributed by atoms with van der Waals surface area (Å²) in [5.41, 5.74) is 0.997. The fraction of sp³-hybridized carbons (Fsp3) is 0.600. The Hall–Kier alpha value is -1.09. The molecule has 1 saturated heterocycles. The zero-order valence-electron chi connectivity index (χ0n) is 11.4. The van der Waals surface area contributed by atoms with Crippen molar-refractivity contribution < 1.29 is 9.13 Å². The Balaban J connectivity index is 1.75. The van der Waals surface area contributed by atoms with E-state index in [9.17, 15) is 4.39 Å². The number of alkyl halides is 1. The Morgan fingerprint density at radius 1 is 1.28 bits per heavy atom. The van der Waals surface area contributed by atoms with Gasteiger partial charge in [0.2, 0.25) is 0 Å². The van der Waals surface area contributed by atoms with Crippen molar-refractivity contribution in [2.75, 3.05) is 26.3 Å². The maximum absolute atomic E-state index is 12.7. The van der Waals surface area contributed by atoms with Crippen LogP contribution < -0.4 is 4.74 Å². The second kappa shape index (κ2) is 5.27. The van der Waals surface area contributed by atoms with Crippen LogP contribution in [0.5, 0.6) is 5.75 Å². The summed E-state index contributed by atoms with van der Waals surface area (Å²) < 4.78 is 18.6. The molecule has 0 aliphatic carbocycles. The van der Waals surface area contributed by atoms with E-state index in [1.165, 1.54) is 5.56 Å². The molecular formula is C15H22FNO. The van der Waals surface area contributed by atoms with Gasteiger partial charge in [0, 0.05) is 25.0 Å². The van der Waals surface area contributed by atoms with Gasteiger partial charge < -0.3 is 4.74 Å². The van der Waals surface area contributed by atoms with Crippen molar-refractivity contribution in [1.29, 1.82) is 0 Å². The van der Waals surface area contributed by atoms with Gasteiger partial charge in [-0.1, -0.05) is 31.5 Å². The van der Waals surface area contributed by atoms with Crippen LogP contribution in [-0.4, -0.2) is 37.3 Å². The van der Waals surface area contributed by atoms with E-state index < -0.39 is 0 Å². The fourth-order valence-corrected chi connectivity index (χ4v) is 2.18. The first kappa shape index (κ1) is 13.3. The smallest absolute Gasteiger partial charge is 0.124 e. The number of ether oxygens (including phenoxy) is 1. The van der Waals surface area contributed by atoms with E-state index in [1.54, 1.807) is 0 Å². The van der Waals surface area contributed by atoms with Crippen LogP contribution in [0.3, 0.4) is 0 Å². The second-order valence-corrected chi connectivity index (χ2v) is 6.04. The standard InChI is InChI=1S/C15H22FNO/c1-12-4-6-13(7-5-12)18-14-8-17(9-14)11-15(2,3)10-16/h4-7,14H,8-11H2,1-3H3. The molecule has 1 fully saturated rings. The number of likely N-dealkylation sites (tertiary alicyclic amines) is 1. The molecule has 0 amide bonds. The van der Waals surface area contributed by atoms with Gasteiger partial charge in [0.15, 0.2) is 0 Å². The minimum Gasteiger partial charge on any atom is -0.488 e. The monoisotopic (exact) mass is 251 g/mol. The van der Waals surface area contributed by atoms with E-state index in [-0.39, 0.29) is 18.2 Å². The Morgan fingerprint density at radius 3 is 2.44 bits per heavy atom. The van der Waals surface area contributed by atoms with Crippen LogP contribution >= 0.6 is 0 Å². The zero-order chi connectivity index (χ0) is 13.2. The van der Waals surface area contributed by atoms with Crippen LogP contribution in [0.25, 0.3) is 0 Å².